The van der Waals surface area contributed by atoms with Crippen LogP contribution in [-0.4, -0.2) is 49.1 Å². The first-order valence-corrected chi connectivity index (χ1v) is 9.29. The molecule has 0 saturated carbocycles. The number of hydrogen-bond acceptors (Lipinski definition) is 5. The average Bonchev–Trinajstić information content (AvgIpc) is 3.07. The molecule has 0 bridgehead atoms. The predicted molar refractivity (Wildman–Crippen MR) is 94.7 cm³/mol. The van der Waals surface area contributed by atoms with Gasteiger partial charge in [0.2, 0.25) is 0 Å². The Morgan fingerprint density at radius 1 is 0.792 bits per heavy atom. The zero-order valence-corrected chi connectivity index (χ0v) is 16.3. The first-order chi connectivity index (χ1) is 11.0. The molecule has 5 nitrogen and oxygen atoms in total. The van der Waals surface area contributed by atoms with Crippen LogP contribution in [0.5, 0.6) is 0 Å². The second-order valence-corrected chi connectivity index (χ2v) is 9.14. The fourth-order valence-corrected chi connectivity index (χ4v) is 3.62. The van der Waals surface area contributed by atoms with Crippen LogP contribution in [0.2, 0.25) is 0 Å². The van der Waals surface area contributed by atoms with E-state index in [1.165, 1.54) is 6.42 Å². The zero-order chi connectivity index (χ0) is 17.8. The van der Waals surface area contributed by atoms with Gasteiger partial charge >= 0.3 is 14.0 Å². The van der Waals surface area contributed by atoms with Crippen LogP contribution in [0.1, 0.15) is 74.1 Å². The number of ether oxygens (including phenoxy) is 1. The Morgan fingerprint density at radius 3 is 1.88 bits per heavy atom. The van der Waals surface area contributed by atoms with Crippen molar-refractivity contribution in [1.29, 1.82) is 0 Å². The summed E-state index contributed by atoms with van der Waals surface area (Å²) < 4.78 is 30.6. The fraction of sp³-hybridized carbons (Fsp3) is 1.00. The monoisotopic (exact) mass is 338 g/mol. The van der Waals surface area contributed by atoms with Gasteiger partial charge in [-0.1, -0.05) is 0 Å². The SMILES string of the molecule is CC1(C)OB(B2OC(C)(C)C(C)(CCC3CCCO3)O2)OC1(C)C. The summed E-state index contributed by atoms with van der Waals surface area (Å²) >= 11 is 0. The summed E-state index contributed by atoms with van der Waals surface area (Å²) in [5.41, 5.74) is -1.55. The summed E-state index contributed by atoms with van der Waals surface area (Å²) in [6.45, 7) is 15.4. The summed E-state index contributed by atoms with van der Waals surface area (Å²) in [6, 6.07) is 0. The molecule has 0 N–H and O–H groups in total. The van der Waals surface area contributed by atoms with E-state index >= 15 is 0 Å². The molecule has 3 aliphatic heterocycles. The molecule has 0 aliphatic carbocycles. The van der Waals surface area contributed by atoms with E-state index in [1.807, 2.05) is 27.7 Å². The molecule has 0 spiro atoms. The van der Waals surface area contributed by atoms with Crippen LogP contribution in [0.4, 0.5) is 0 Å². The Hall–Kier alpha value is -0.0701. The van der Waals surface area contributed by atoms with Gasteiger partial charge in [0.25, 0.3) is 0 Å². The Kier molecular flexibility index (Phi) is 4.67. The first-order valence-electron chi connectivity index (χ1n) is 9.29. The quantitative estimate of drug-likeness (QED) is 0.737. The molecule has 3 aliphatic rings. The van der Waals surface area contributed by atoms with Gasteiger partial charge in [0.15, 0.2) is 0 Å². The summed E-state index contributed by atoms with van der Waals surface area (Å²) in [5.74, 6) is 0. The Bertz CT molecular complexity index is 460. The van der Waals surface area contributed by atoms with Gasteiger partial charge in [0, 0.05) is 6.61 Å². The summed E-state index contributed by atoms with van der Waals surface area (Å²) in [4.78, 5) is 0. The van der Waals surface area contributed by atoms with Crippen molar-refractivity contribution in [2.75, 3.05) is 6.61 Å². The molecule has 3 fully saturated rings. The van der Waals surface area contributed by atoms with E-state index in [0.717, 1.165) is 25.9 Å². The lowest BCUT2D eigenvalue weighted by atomic mass is 9.49. The largest absolute Gasteiger partial charge is 0.488 e. The van der Waals surface area contributed by atoms with Crippen LogP contribution in [0, 0.1) is 0 Å². The molecular weight excluding hydrogens is 306 g/mol. The highest BCUT2D eigenvalue weighted by atomic mass is 16.7. The smallest absolute Gasteiger partial charge is 0.405 e. The third-order valence-corrected chi connectivity index (χ3v) is 6.52. The van der Waals surface area contributed by atoms with E-state index in [-0.39, 0.29) is 16.8 Å². The lowest BCUT2D eigenvalue weighted by Gasteiger charge is -2.37. The topological polar surface area (TPSA) is 46.2 Å². The first kappa shape index (κ1) is 18.7. The van der Waals surface area contributed by atoms with Gasteiger partial charge in [-0.25, -0.2) is 0 Å². The molecule has 3 rings (SSSR count). The van der Waals surface area contributed by atoms with E-state index < -0.39 is 19.6 Å². The molecule has 136 valence electrons. The molecule has 3 heterocycles. The molecule has 0 aromatic carbocycles. The van der Waals surface area contributed by atoms with E-state index in [0.29, 0.717) is 6.10 Å². The van der Waals surface area contributed by atoms with E-state index in [2.05, 4.69) is 20.8 Å². The summed E-state index contributed by atoms with van der Waals surface area (Å²) in [5, 5.41) is 0. The Labute approximate surface area is 147 Å². The lowest BCUT2D eigenvalue weighted by molar-refractivity contribution is -0.0266. The number of hydrogen-bond donors (Lipinski definition) is 0. The van der Waals surface area contributed by atoms with Crippen molar-refractivity contribution >= 4 is 14.0 Å². The van der Waals surface area contributed by atoms with Crippen molar-refractivity contribution in [3.05, 3.63) is 0 Å². The standard InChI is InChI=1S/C17H32B2O5/c1-14(2)15(3,4)22-18(21-14)19-23-16(5,6)17(7,24-19)11-10-13-9-8-12-20-13/h13H,8-12H2,1-7H3. The van der Waals surface area contributed by atoms with E-state index in [1.54, 1.807) is 0 Å². The van der Waals surface area contributed by atoms with Crippen LogP contribution < -0.4 is 0 Å². The Morgan fingerprint density at radius 2 is 1.33 bits per heavy atom. The minimum absolute atomic E-state index is 0.358. The number of rotatable bonds is 4. The highest BCUT2D eigenvalue weighted by Gasteiger charge is 2.64. The van der Waals surface area contributed by atoms with Crippen molar-refractivity contribution in [3.63, 3.8) is 0 Å². The minimum Gasteiger partial charge on any atom is -0.405 e. The minimum atomic E-state index is -0.504. The highest BCUT2D eigenvalue weighted by Crippen LogP contribution is 2.45. The summed E-state index contributed by atoms with van der Waals surface area (Å²) in [7, 11) is -1.01. The van der Waals surface area contributed by atoms with Gasteiger partial charge in [-0.15, -0.1) is 0 Å². The molecular formula is C17H32B2O5. The van der Waals surface area contributed by atoms with Crippen LogP contribution in [0.3, 0.4) is 0 Å². The summed E-state index contributed by atoms with van der Waals surface area (Å²) in [6.07, 6.45) is 4.58. The van der Waals surface area contributed by atoms with Crippen LogP contribution >= 0.6 is 0 Å². The normalized spacial score (nSPS) is 37.4. The van der Waals surface area contributed by atoms with E-state index in [9.17, 15) is 0 Å². The molecule has 0 amide bonds. The molecule has 7 heteroatoms. The van der Waals surface area contributed by atoms with E-state index in [4.69, 9.17) is 23.4 Å². The maximum atomic E-state index is 6.37. The molecule has 3 saturated heterocycles. The predicted octanol–water partition coefficient (Wildman–Crippen LogP) is 3.19. The maximum absolute atomic E-state index is 6.37. The van der Waals surface area contributed by atoms with Crippen LogP contribution in [0.25, 0.3) is 0 Å². The van der Waals surface area contributed by atoms with Gasteiger partial charge < -0.3 is 23.4 Å². The van der Waals surface area contributed by atoms with Crippen molar-refractivity contribution in [3.8, 4) is 0 Å². The molecule has 0 aromatic rings. The average molecular weight is 338 g/mol. The van der Waals surface area contributed by atoms with Gasteiger partial charge in [0.05, 0.1) is 28.5 Å². The van der Waals surface area contributed by atoms with Crippen molar-refractivity contribution in [2.45, 2.75) is 103 Å². The van der Waals surface area contributed by atoms with Crippen LogP contribution in [-0.2, 0) is 23.4 Å². The molecule has 24 heavy (non-hydrogen) atoms. The molecule has 2 unspecified atom stereocenters. The van der Waals surface area contributed by atoms with Crippen molar-refractivity contribution in [2.24, 2.45) is 0 Å². The fourth-order valence-electron chi connectivity index (χ4n) is 3.62. The molecule has 0 aromatic heterocycles. The molecule has 0 radical (unpaired) electrons. The van der Waals surface area contributed by atoms with Crippen molar-refractivity contribution in [1.82, 2.24) is 0 Å². The van der Waals surface area contributed by atoms with Crippen LogP contribution in [0.15, 0.2) is 0 Å². The van der Waals surface area contributed by atoms with Crippen molar-refractivity contribution < 1.29 is 23.4 Å². The van der Waals surface area contributed by atoms with Gasteiger partial charge in [-0.2, -0.15) is 0 Å². The lowest BCUT2D eigenvalue weighted by Crippen LogP contribution is -2.45. The van der Waals surface area contributed by atoms with Gasteiger partial charge in [0.1, 0.15) is 0 Å². The third kappa shape index (κ3) is 3.18. The van der Waals surface area contributed by atoms with Gasteiger partial charge in [-0.05, 0) is 74.1 Å². The maximum Gasteiger partial charge on any atom is 0.488 e. The van der Waals surface area contributed by atoms with Gasteiger partial charge in [-0.3, -0.25) is 0 Å². The second-order valence-electron chi connectivity index (χ2n) is 9.14. The third-order valence-electron chi connectivity index (χ3n) is 6.52. The Balaban J connectivity index is 1.66. The second kappa shape index (κ2) is 5.98. The zero-order valence-electron chi connectivity index (χ0n) is 16.3. The molecule has 2 atom stereocenters. The highest BCUT2D eigenvalue weighted by molar-refractivity contribution is 7.11.